The Morgan fingerprint density at radius 3 is 2.79 bits per heavy atom. The summed E-state index contributed by atoms with van der Waals surface area (Å²) in [6.07, 6.45) is 0.550. The predicted octanol–water partition coefficient (Wildman–Crippen LogP) is 1.48. The van der Waals surface area contributed by atoms with Gasteiger partial charge in [-0.1, -0.05) is 6.92 Å². The number of nitrogens with zero attached hydrogens (tertiary/aromatic N) is 1. The highest BCUT2D eigenvalue weighted by atomic mass is 19.1. The molecule has 6 nitrogen and oxygen atoms in total. The van der Waals surface area contributed by atoms with Gasteiger partial charge in [-0.05, 0) is 24.5 Å². The van der Waals surface area contributed by atoms with Gasteiger partial charge in [-0.25, -0.2) is 0 Å². The van der Waals surface area contributed by atoms with Crippen molar-refractivity contribution in [2.24, 2.45) is 5.92 Å². The molecule has 1 amide bonds. The topological polar surface area (TPSA) is 92.5 Å². The van der Waals surface area contributed by atoms with E-state index in [4.69, 9.17) is 5.11 Å². The molecule has 0 radical (unpaired) electrons. The zero-order valence-electron chi connectivity index (χ0n) is 10.4. The van der Waals surface area contributed by atoms with Crippen LogP contribution in [0.3, 0.4) is 0 Å². The van der Waals surface area contributed by atoms with E-state index in [0.29, 0.717) is 13.0 Å². The first-order valence-electron chi connectivity index (χ1n) is 5.78. The lowest BCUT2D eigenvalue weighted by Gasteiger charge is -2.11. The summed E-state index contributed by atoms with van der Waals surface area (Å²) in [5.74, 6) is -1.45. The fraction of sp³-hybridized carbons (Fsp3) is 0.417. The fourth-order valence-electron chi connectivity index (χ4n) is 1.49. The average Bonchev–Trinajstić information content (AvgIpc) is 2.35. The maximum atomic E-state index is 13.3. The number of amides is 1. The van der Waals surface area contributed by atoms with E-state index in [1.807, 2.05) is 6.92 Å². The Morgan fingerprint density at radius 1 is 1.58 bits per heavy atom. The second-order valence-electron chi connectivity index (χ2n) is 4.25. The van der Waals surface area contributed by atoms with Crippen molar-refractivity contribution in [3.8, 4) is 0 Å². The van der Waals surface area contributed by atoms with Gasteiger partial charge in [-0.3, -0.25) is 14.9 Å². The van der Waals surface area contributed by atoms with Crippen molar-refractivity contribution in [2.45, 2.75) is 13.3 Å². The molecule has 0 saturated heterocycles. The van der Waals surface area contributed by atoms with E-state index >= 15 is 0 Å². The van der Waals surface area contributed by atoms with Crippen LogP contribution < -0.4 is 5.32 Å². The third kappa shape index (κ3) is 4.29. The normalized spacial score (nSPS) is 11.9. The smallest absolute Gasteiger partial charge is 0.304 e. The van der Waals surface area contributed by atoms with Crippen LogP contribution in [0.5, 0.6) is 0 Å². The zero-order chi connectivity index (χ0) is 14.4. The van der Waals surface area contributed by atoms with E-state index in [1.165, 1.54) is 6.07 Å². The molecule has 19 heavy (non-hydrogen) atoms. The molecule has 0 saturated carbocycles. The molecular formula is C12H15FN2O4. The molecule has 1 aromatic carbocycles. The molecule has 0 spiro atoms. The van der Waals surface area contributed by atoms with Gasteiger partial charge in [0.15, 0.2) is 0 Å². The van der Waals surface area contributed by atoms with E-state index < -0.39 is 22.3 Å². The number of hydrogen-bond donors (Lipinski definition) is 2. The maximum Gasteiger partial charge on any atom is 0.304 e. The standard InChI is InChI=1S/C12H15FN2O4/c1-8(4-5-16)7-14-12(17)9-2-3-11(15(18)19)10(13)6-9/h2-3,6,8,16H,4-5,7H2,1H3,(H,14,17). The molecule has 0 aliphatic rings. The van der Waals surface area contributed by atoms with Gasteiger partial charge < -0.3 is 10.4 Å². The Hall–Kier alpha value is -2.02. The number of aliphatic hydroxyl groups is 1. The Kier molecular flexibility index (Phi) is 5.37. The van der Waals surface area contributed by atoms with Crippen LogP contribution >= 0.6 is 0 Å². The van der Waals surface area contributed by atoms with Crippen molar-refractivity contribution in [1.82, 2.24) is 5.32 Å². The number of rotatable bonds is 6. The molecule has 0 aromatic heterocycles. The number of hydrogen-bond acceptors (Lipinski definition) is 4. The van der Waals surface area contributed by atoms with Crippen LogP contribution in [-0.4, -0.2) is 29.1 Å². The summed E-state index contributed by atoms with van der Waals surface area (Å²) < 4.78 is 13.3. The second kappa shape index (κ2) is 6.79. The van der Waals surface area contributed by atoms with E-state index in [9.17, 15) is 19.3 Å². The van der Waals surface area contributed by atoms with Crippen LogP contribution in [0.1, 0.15) is 23.7 Å². The van der Waals surface area contributed by atoms with Crippen LogP contribution in [0.2, 0.25) is 0 Å². The summed E-state index contributed by atoms with van der Waals surface area (Å²) in [5, 5.41) is 21.7. The first-order valence-corrected chi connectivity index (χ1v) is 5.78. The highest BCUT2D eigenvalue weighted by Crippen LogP contribution is 2.17. The number of benzene rings is 1. The summed E-state index contributed by atoms with van der Waals surface area (Å²) >= 11 is 0. The molecule has 1 rings (SSSR count). The van der Waals surface area contributed by atoms with Gasteiger partial charge in [0.25, 0.3) is 5.91 Å². The summed E-state index contributed by atoms with van der Waals surface area (Å²) in [7, 11) is 0. The van der Waals surface area contributed by atoms with Crippen LogP contribution in [-0.2, 0) is 0 Å². The number of carbonyl (C=O) groups excluding carboxylic acids is 1. The number of nitro benzene ring substituents is 1. The minimum Gasteiger partial charge on any atom is -0.396 e. The summed E-state index contributed by atoms with van der Waals surface area (Å²) in [4.78, 5) is 21.3. The molecule has 1 unspecified atom stereocenters. The molecule has 0 bridgehead atoms. The lowest BCUT2D eigenvalue weighted by molar-refractivity contribution is -0.387. The van der Waals surface area contributed by atoms with E-state index in [1.54, 1.807) is 0 Å². The monoisotopic (exact) mass is 270 g/mol. The van der Waals surface area contributed by atoms with E-state index in [-0.39, 0.29) is 18.1 Å². The van der Waals surface area contributed by atoms with Gasteiger partial charge in [-0.15, -0.1) is 0 Å². The minimum atomic E-state index is -1.04. The van der Waals surface area contributed by atoms with Gasteiger partial charge >= 0.3 is 5.69 Å². The second-order valence-corrected chi connectivity index (χ2v) is 4.25. The molecule has 1 aromatic rings. The molecule has 0 fully saturated rings. The number of aliphatic hydroxyl groups excluding tert-OH is 1. The van der Waals surface area contributed by atoms with Crippen LogP contribution in [0, 0.1) is 21.8 Å². The first kappa shape index (κ1) is 15.0. The molecule has 0 aliphatic heterocycles. The van der Waals surface area contributed by atoms with Crippen LogP contribution in [0.25, 0.3) is 0 Å². The van der Waals surface area contributed by atoms with E-state index in [0.717, 1.165) is 12.1 Å². The van der Waals surface area contributed by atoms with Gasteiger partial charge in [-0.2, -0.15) is 4.39 Å². The first-order chi connectivity index (χ1) is 8.95. The summed E-state index contributed by atoms with van der Waals surface area (Å²) in [6, 6.07) is 3.00. The number of halogens is 1. The van der Waals surface area contributed by atoms with Crippen molar-refractivity contribution in [2.75, 3.05) is 13.2 Å². The molecular weight excluding hydrogens is 255 g/mol. The molecule has 0 aliphatic carbocycles. The van der Waals surface area contributed by atoms with Crippen molar-refractivity contribution >= 4 is 11.6 Å². The third-order valence-electron chi connectivity index (χ3n) is 2.64. The van der Waals surface area contributed by atoms with Crippen LogP contribution in [0.4, 0.5) is 10.1 Å². The van der Waals surface area contributed by atoms with Gasteiger partial charge in [0.2, 0.25) is 5.82 Å². The van der Waals surface area contributed by atoms with Crippen molar-refractivity contribution < 1.29 is 19.2 Å². The molecule has 7 heteroatoms. The Labute approximate surface area is 109 Å². The molecule has 1 atom stereocenters. The summed E-state index contributed by atoms with van der Waals surface area (Å²) in [5.41, 5.74) is -0.635. The maximum absolute atomic E-state index is 13.3. The minimum absolute atomic E-state index is 0.0271. The Bertz CT molecular complexity index is 479. The molecule has 104 valence electrons. The van der Waals surface area contributed by atoms with Gasteiger partial charge in [0.1, 0.15) is 0 Å². The quantitative estimate of drug-likeness (QED) is 0.605. The SMILES string of the molecule is CC(CCO)CNC(=O)c1ccc([N+](=O)[O-])c(F)c1. The van der Waals surface area contributed by atoms with Crippen molar-refractivity contribution in [3.05, 3.63) is 39.7 Å². The number of carbonyl (C=O) groups is 1. The Morgan fingerprint density at radius 2 is 2.26 bits per heavy atom. The highest BCUT2D eigenvalue weighted by molar-refractivity contribution is 5.94. The largest absolute Gasteiger partial charge is 0.396 e. The predicted molar refractivity (Wildman–Crippen MR) is 66.3 cm³/mol. The van der Waals surface area contributed by atoms with Crippen LogP contribution in [0.15, 0.2) is 18.2 Å². The highest BCUT2D eigenvalue weighted by Gasteiger charge is 2.16. The molecule has 0 heterocycles. The average molecular weight is 270 g/mol. The number of nitrogens with one attached hydrogen (secondary N) is 1. The fourth-order valence-corrected chi connectivity index (χ4v) is 1.49. The number of nitro groups is 1. The van der Waals surface area contributed by atoms with E-state index in [2.05, 4.69) is 5.32 Å². The Balaban J connectivity index is 2.68. The lowest BCUT2D eigenvalue weighted by atomic mass is 10.1. The van der Waals surface area contributed by atoms with Gasteiger partial charge in [0.05, 0.1) is 4.92 Å². The zero-order valence-corrected chi connectivity index (χ0v) is 10.4. The molecule has 2 N–H and O–H groups in total. The third-order valence-corrected chi connectivity index (χ3v) is 2.64. The summed E-state index contributed by atoms with van der Waals surface area (Å²) in [6.45, 7) is 2.23. The van der Waals surface area contributed by atoms with Gasteiger partial charge in [0, 0.05) is 24.8 Å². The van der Waals surface area contributed by atoms with Crippen molar-refractivity contribution in [3.63, 3.8) is 0 Å². The van der Waals surface area contributed by atoms with Crippen molar-refractivity contribution in [1.29, 1.82) is 0 Å². The lowest BCUT2D eigenvalue weighted by Crippen LogP contribution is -2.28.